The fraction of sp³-hybridized carbons (Fsp3) is 0.154. The number of aromatic nitrogens is 4. The molecule has 3 rings (SSSR count). The molecule has 1 amide bonds. The molecule has 7 nitrogen and oxygen atoms in total. The minimum Gasteiger partial charge on any atom is -0.420 e. The van der Waals surface area contributed by atoms with Crippen LogP contribution in [0.15, 0.2) is 33.0 Å². The van der Waals surface area contributed by atoms with Crippen LogP contribution >= 0.6 is 34.7 Å². The van der Waals surface area contributed by atoms with Gasteiger partial charge in [-0.1, -0.05) is 34.7 Å². The zero-order valence-corrected chi connectivity index (χ0v) is 14.2. The molecule has 0 aliphatic carbocycles. The number of carbonyl (C=O) groups is 1. The number of thioether (sulfide) groups is 1. The molecular weight excluding hydrogens is 358 g/mol. The number of nitrogens with zero attached hydrogens (tertiary/aromatic N) is 4. The van der Waals surface area contributed by atoms with Crippen LogP contribution in [-0.4, -0.2) is 26.3 Å². The molecule has 23 heavy (non-hydrogen) atoms. The van der Waals surface area contributed by atoms with Gasteiger partial charge in [0, 0.05) is 17.5 Å². The summed E-state index contributed by atoms with van der Waals surface area (Å²) in [5, 5.41) is 19.5. The number of nitrogens with one attached hydrogen (secondary N) is 1. The summed E-state index contributed by atoms with van der Waals surface area (Å²) < 4.78 is 6.31. The van der Waals surface area contributed by atoms with Crippen LogP contribution in [0, 0.1) is 0 Å². The molecule has 0 saturated heterocycles. The van der Waals surface area contributed by atoms with E-state index in [1.165, 1.54) is 30.0 Å². The summed E-state index contributed by atoms with van der Waals surface area (Å²) in [7, 11) is 0. The Kier molecular flexibility index (Phi) is 4.89. The molecule has 0 spiro atoms. The molecule has 0 atom stereocenters. The lowest BCUT2D eigenvalue weighted by Gasteiger charge is -1.94. The molecule has 2 aromatic heterocycles. The van der Waals surface area contributed by atoms with E-state index in [4.69, 9.17) is 16.0 Å². The third-order valence-electron chi connectivity index (χ3n) is 2.57. The van der Waals surface area contributed by atoms with Gasteiger partial charge in [0.05, 0.1) is 5.75 Å². The van der Waals surface area contributed by atoms with Crippen molar-refractivity contribution in [1.82, 2.24) is 20.4 Å². The maximum atomic E-state index is 10.9. The minimum atomic E-state index is -0.179. The van der Waals surface area contributed by atoms with E-state index >= 15 is 0 Å². The van der Waals surface area contributed by atoms with E-state index in [-0.39, 0.29) is 5.91 Å². The highest BCUT2D eigenvalue weighted by atomic mass is 35.5. The molecular formula is C13H10ClN5O2S2. The molecule has 1 N–H and O–H groups in total. The van der Waals surface area contributed by atoms with Crippen molar-refractivity contribution < 1.29 is 9.21 Å². The van der Waals surface area contributed by atoms with Gasteiger partial charge in [0.2, 0.25) is 22.8 Å². The van der Waals surface area contributed by atoms with Crippen molar-refractivity contribution in [1.29, 1.82) is 0 Å². The zero-order chi connectivity index (χ0) is 16.2. The van der Waals surface area contributed by atoms with Crippen LogP contribution in [0.4, 0.5) is 5.13 Å². The van der Waals surface area contributed by atoms with Gasteiger partial charge in [0.25, 0.3) is 0 Å². The Morgan fingerprint density at radius 1 is 1.26 bits per heavy atom. The van der Waals surface area contributed by atoms with Crippen LogP contribution in [0.1, 0.15) is 12.8 Å². The second-order valence-corrected chi connectivity index (χ2v) is 6.99. The number of amides is 1. The van der Waals surface area contributed by atoms with E-state index in [0.29, 0.717) is 32.0 Å². The molecule has 0 fully saturated rings. The fourth-order valence-electron chi connectivity index (χ4n) is 1.61. The standard InChI is InChI=1S/C13H10ClN5O2S2/c1-7(20)15-12-18-19-13(23-12)22-6-10-16-17-11(21-10)8-2-4-9(14)5-3-8/h2-5H,6H2,1H3,(H,15,18,20). The first-order valence-electron chi connectivity index (χ1n) is 6.42. The number of halogens is 1. The maximum Gasteiger partial charge on any atom is 0.247 e. The van der Waals surface area contributed by atoms with Crippen LogP contribution in [0.2, 0.25) is 5.02 Å². The summed E-state index contributed by atoms with van der Waals surface area (Å²) in [6.07, 6.45) is 0. The average molecular weight is 368 g/mol. The van der Waals surface area contributed by atoms with Crippen LogP contribution in [0.3, 0.4) is 0 Å². The number of rotatable bonds is 5. The maximum absolute atomic E-state index is 10.9. The minimum absolute atomic E-state index is 0.179. The van der Waals surface area contributed by atoms with Gasteiger partial charge in [-0.25, -0.2) is 0 Å². The first-order valence-corrected chi connectivity index (χ1v) is 8.60. The lowest BCUT2D eigenvalue weighted by Crippen LogP contribution is -2.04. The third kappa shape index (κ3) is 4.27. The predicted molar refractivity (Wildman–Crippen MR) is 88.5 cm³/mol. The second kappa shape index (κ2) is 7.07. The molecule has 0 bridgehead atoms. The van der Waals surface area contributed by atoms with Crippen molar-refractivity contribution in [2.45, 2.75) is 17.0 Å². The summed E-state index contributed by atoms with van der Waals surface area (Å²) in [5.74, 6) is 1.21. The second-order valence-electron chi connectivity index (χ2n) is 4.35. The Bertz CT molecular complexity index is 818. The van der Waals surface area contributed by atoms with Gasteiger partial charge in [0.15, 0.2) is 4.34 Å². The highest BCUT2D eigenvalue weighted by Crippen LogP contribution is 2.29. The van der Waals surface area contributed by atoms with Crippen LogP contribution in [-0.2, 0) is 10.5 Å². The quantitative estimate of drug-likeness (QED) is 0.544. The van der Waals surface area contributed by atoms with Crippen molar-refractivity contribution in [3.8, 4) is 11.5 Å². The van der Waals surface area contributed by atoms with Gasteiger partial charge in [-0.3, -0.25) is 4.79 Å². The Labute approximate surface area is 144 Å². The van der Waals surface area contributed by atoms with E-state index in [1.807, 2.05) is 12.1 Å². The van der Waals surface area contributed by atoms with Crippen molar-refractivity contribution in [3.05, 3.63) is 35.2 Å². The molecule has 0 aliphatic rings. The van der Waals surface area contributed by atoms with E-state index in [0.717, 1.165) is 5.56 Å². The third-order valence-corrected chi connectivity index (χ3v) is 4.78. The Hall–Kier alpha value is -1.97. The van der Waals surface area contributed by atoms with Crippen molar-refractivity contribution in [3.63, 3.8) is 0 Å². The lowest BCUT2D eigenvalue weighted by molar-refractivity contribution is -0.114. The van der Waals surface area contributed by atoms with Gasteiger partial charge < -0.3 is 9.73 Å². The first-order chi connectivity index (χ1) is 11.1. The van der Waals surface area contributed by atoms with Gasteiger partial charge in [-0.2, -0.15) is 0 Å². The molecule has 0 saturated carbocycles. The van der Waals surface area contributed by atoms with E-state index in [1.54, 1.807) is 12.1 Å². The molecule has 1 aromatic carbocycles. The van der Waals surface area contributed by atoms with Gasteiger partial charge >= 0.3 is 0 Å². The van der Waals surface area contributed by atoms with E-state index in [2.05, 4.69) is 25.7 Å². The van der Waals surface area contributed by atoms with Gasteiger partial charge in [-0.15, -0.1) is 20.4 Å². The van der Waals surface area contributed by atoms with Gasteiger partial charge in [0.1, 0.15) is 0 Å². The highest BCUT2D eigenvalue weighted by Gasteiger charge is 2.11. The lowest BCUT2D eigenvalue weighted by atomic mass is 10.2. The molecule has 118 valence electrons. The number of hydrogen-bond donors (Lipinski definition) is 1. The Balaban J connectivity index is 1.62. The fourth-order valence-corrected chi connectivity index (χ4v) is 3.37. The average Bonchev–Trinajstić information content (AvgIpc) is 3.14. The highest BCUT2D eigenvalue weighted by molar-refractivity contribution is 8.00. The van der Waals surface area contributed by atoms with E-state index in [9.17, 15) is 4.79 Å². The van der Waals surface area contributed by atoms with Crippen molar-refractivity contribution >= 4 is 45.7 Å². The SMILES string of the molecule is CC(=O)Nc1nnc(SCc2nnc(-c3ccc(Cl)cc3)o2)s1. The summed E-state index contributed by atoms with van der Waals surface area (Å²) in [6, 6.07) is 7.16. The molecule has 0 unspecified atom stereocenters. The smallest absolute Gasteiger partial charge is 0.247 e. The number of anilines is 1. The molecule has 0 aliphatic heterocycles. The first kappa shape index (κ1) is 15.9. The van der Waals surface area contributed by atoms with Crippen molar-refractivity contribution in [2.24, 2.45) is 0 Å². The summed E-state index contributed by atoms with van der Waals surface area (Å²) in [6.45, 7) is 1.42. The molecule has 10 heteroatoms. The molecule has 2 heterocycles. The Morgan fingerprint density at radius 3 is 2.78 bits per heavy atom. The van der Waals surface area contributed by atoms with Crippen LogP contribution in [0.25, 0.3) is 11.5 Å². The number of carbonyl (C=O) groups excluding carboxylic acids is 1. The number of benzene rings is 1. The monoisotopic (exact) mass is 367 g/mol. The Morgan fingerprint density at radius 2 is 2.04 bits per heavy atom. The van der Waals surface area contributed by atoms with E-state index < -0.39 is 0 Å². The molecule has 0 radical (unpaired) electrons. The van der Waals surface area contributed by atoms with Gasteiger partial charge in [-0.05, 0) is 24.3 Å². The summed E-state index contributed by atoms with van der Waals surface area (Å²) in [4.78, 5) is 10.9. The summed E-state index contributed by atoms with van der Waals surface area (Å²) >= 11 is 8.55. The largest absolute Gasteiger partial charge is 0.420 e. The molecule has 3 aromatic rings. The topological polar surface area (TPSA) is 93.8 Å². The normalized spacial score (nSPS) is 10.7. The zero-order valence-electron chi connectivity index (χ0n) is 11.8. The summed E-state index contributed by atoms with van der Waals surface area (Å²) in [5.41, 5.74) is 0.807. The van der Waals surface area contributed by atoms with Crippen LogP contribution < -0.4 is 5.32 Å². The predicted octanol–water partition coefficient (Wildman–Crippen LogP) is 3.49. The van der Waals surface area contributed by atoms with Crippen molar-refractivity contribution in [2.75, 3.05) is 5.32 Å². The van der Waals surface area contributed by atoms with Crippen LogP contribution in [0.5, 0.6) is 0 Å². The number of hydrogen-bond acceptors (Lipinski definition) is 8.